The molecule has 0 spiro atoms. The molecule has 1 amide bonds. The Hall–Kier alpha value is -1.35. The summed E-state index contributed by atoms with van der Waals surface area (Å²) in [4.78, 5) is 14.5. The van der Waals surface area contributed by atoms with E-state index in [9.17, 15) is 4.79 Å². The highest BCUT2D eigenvalue weighted by atomic mass is 16.1. The van der Waals surface area contributed by atoms with Gasteiger partial charge < -0.3 is 10.2 Å². The molecule has 2 rings (SSSR count). The van der Waals surface area contributed by atoms with E-state index in [-0.39, 0.29) is 5.91 Å². The largest absolute Gasteiger partial charge is 0.326 e. The second-order valence-electron chi connectivity index (χ2n) is 6.80. The number of carbonyl (C=O) groups excluding carboxylic acids is 1. The zero-order valence-electron chi connectivity index (χ0n) is 13.8. The van der Waals surface area contributed by atoms with Crippen molar-refractivity contribution >= 4 is 11.6 Å². The number of nitrogens with one attached hydrogen (secondary N) is 1. The fraction of sp³-hybridized carbons (Fsp3) is 0.611. The van der Waals surface area contributed by atoms with Crippen molar-refractivity contribution in [2.45, 2.75) is 40.5 Å². The van der Waals surface area contributed by atoms with Gasteiger partial charge in [0.1, 0.15) is 0 Å². The van der Waals surface area contributed by atoms with Crippen molar-refractivity contribution in [1.82, 2.24) is 4.90 Å². The van der Waals surface area contributed by atoms with Gasteiger partial charge >= 0.3 is 0 Å². The Morgan fingerprint density at radius 2 is 1.86 bits per heavy atom. The summed E-state index contributed by atoms with van der Waals surface area (Å²) >= 11 is 0. The summed E-state index contributed by atoms with van der Waals surface area (Å²) in [6, 6.07) is 6.07. The summed E-state index contributed by atoms with van der Waals surface area (Å²) in [5.74, 6) is 1.61. The van der Waals surface area contributed by atoms with Crippen LogP contribution in [0, 0.1) is 25.7 Å². The number of piperidine rings is 1. The summed E-state index contributed by atoms with van der Waals surface area (Å²) < 4.78 is 0. The molecule has 1 N–H and O–H groups in total. The Balaban J connectivity index is 1.80. The third-order valence-electron chi connectivity index (χ3n) is 4.39. The van der Waals surface area contributed by atoms with Gasteiger partial charge in [0, 0.05) is 31.7 Å². The van der Waals surface area contributed by atoms with Gasteiger partial charge in [0.05, 0.1) is 0 Å². The lowest BCUT2D eigenvalue weighted by Gasteiger charge is -2.34. The van der Waals surface area contributed by atoms with Gasteiger partial charge in [-0.05, 0) is 55.4 Å². The molecule has 116 valence electrons. The molecular weight excluding hydrogens is 260 g/mol. The fourth-order valence-corrected chi connectivity index (χ4v) is 3.28. The van der Waals surface area contributed by atoms with Gasteiger partial charge in [-0.2, -0.15) is 0 Å². The van der Waals surface area contributed by atoms with E-state index >= 15 is 0 Å². The topological polar surface area (TPSA) is 32.3 Å². The van der Waals surface area contributed by atoms with Crippen molar-refractivity contribution < 1.29 is 4.79 Å². The lowest BCUT2D eigenvalue weighted by Crippen LogP contribution is -2.40. The third-order valence-corrected chi connectivity index (χ3v) is 4.39. The Morgan fingerprint density at radius 1 is 1.19 bits per heavy atom. The van der Waals surface area contributed by atoms with Crippen molar-refractivity contribution in [3.63, 3.8) is 0 Å². The van der Waals surface area contributed by atoms with E-state index in [0.29, 0.717) is 6.42 Å². The van der Waals surface area contributed by atoms with Crippen molar-refractivity contribution in [2.75, 3.05) is 25.0 Å². The zero-order valence-corrected chi connectivity index (χ0v) is 13.8. The molecule has 1 saturated heterocycles. The van der Waals surface area contributed by atoms with Crippen molar-refractivity contribution in [3.8, 4) is 0 Å². The summed E-state index contributed by atoms with van der Waals surface area (Å²) in [6.45, 7) is 11.9. The Morgan fingerprint density at radius 3 is 2.48 bits per heavy atom. The molecule has 0 unspecified atom stereocenters. The molecule has 1 aliphatic rings. The molecular formula is C18H28N2O. The first-order valence-electron chi connectivity index (χ1n) is 8.03. The van der Waals surface area contributed by atoms with Crippen LogP contribution in [0.5, 0.6) is 0 Å². The van der Waals surface area contributed by atoms with Crippen LogP contribution in [0.3, 0.4) is 0 Å². The number of nitrogens with zero attached hydrogens (tertiary/aromatic N) is 1. The Bertz CT molecular complexity index is 488. The van der Waals surface area contributed by atoms with Crippen LogP contribution >= 0.6 is 0 Å². The zero-order chi connectivity index (χ0) is 15.4. The van der Waals surface area contributed by atoms with E-state index in [1.54, 1.807) is 0 Å². The molecule has 0 aliphatic carbocycles. The molecule has 2 atom stereocenters. The maximum absolute atomic E-state index is 12.1. The Labute approximate surface area is 128 Å². The van der Waals surface area contributed by atoms with Gasteiger partial charge in [0.2, 0.25) is 5.91 Å². The first kappa shape index (κ1) is 16.0. The highest BCUT2D eigenvalue weighted by molar-refractivity contribution is 5.90. The van der Waals surface area contributed by atoms with E-state index in [1.807, 2.05) is 12.1 Å². The molecule has 3 nitrogen and oxygen atoms in total. The summed E-state index contributed by atoms with van der Waals surface area (Å²) in [7, 11) is 0. The predicted octanol–water partition coefficient (Wildman–Crippen LogP) is 3.61. The van der Waals surface area contributed by atoms with Gasteiger partial charge in [-0.15, -0.1) is 0 Å². The van der Waals surface area contributed by atoms with Gasteiger partial charge in [0.25, 0.3) is 0 Å². The van der Waals surface area contributed by atoms with Crippen molar-refractivity contribution in [2.24, 2.45) is 11.8 Å². The van der Waals surface area contributed by atoms with E-state index in [1.165, 1.54) is 17.5 Å². The minimum Gasteiger partial charge on any atom is -0.326 e. The SMILES string of the molecule is Cc1ccc(NC(=O)CCN2C[C@H](C)C[C@H](C)C2)cc1C. The number of hydrogen-bond donors (Lipinski definition) is 1. The van der Waals surface area contributed by atoms with Gasteiger partial charge in [-0.1, -0.05) is 19.9 Å². The number of hydrogen-bond acceptors (Lipinski definition) is 2. The van der Waals surface area contributed by atoms with E-state index in [2.05, 4.69) is 44.0 Å². The number of likely N-dealkylation sites (tertiary alicyclic amines) is 1. The highest BCUT2D eigenvalue weighted by Crippen LogP contribution is 2.21. The van der Waals surface area contributed by atoms with E-state index in [4.69, 9.17) is 0 Å². The normalized spacial score (nSPS) is 23.0. The maximum atomic E-state index is 12.1. The third kappa shape index (κ3) is 4.85. The van der Waals surface area contributed by atoms with Crippen LogP contribution in [-0.4, -0.2) is 30.4 Å². The first-order valence-corrected chi connectivity index (χ1v) is 8.03. The predicted molar refractivity (Wildman–Crippen MR) is 88.5 cm³/mol. The molecule has 0 aromatic heterocycles. The molecule has 3 heteroatoms. The Kier molecular flexibility index (Phi) is 5.40. The highest BCUT2D eigenvalue weighted by Gasteiger charge is 2.21. The molecule has 1 fully saturated rings. The smallest absolute Gasteiger partial charge is 0.225 e. The maximum Gasteiger partial charge on any atom is 0.225 e. The van der Waals surface area contributed by atoms with Crippen LogP contribution in [0.15, 0.2) is 18.2 Å². The van der Waals surface area contributed by atoms with Crippen LogP contribution in [0.1, 0.15) is 37.8 Å². The standard InChI is InChI=1S/C18H28N2O/c1-13-9-14(2)12-20(11-13)8-7-18(21)19-17-6-5-15(3)16(4)10-17/h5-6,10,13-14H,7-9,11-12H2,1-4H3,(H,19,21)/t13-,14+. The molecule has 21 heavy (non-hydrogen) atoms. The molecule has 1 aliphatic heterocycles. The number of aryl methyl sites for hydroxylation is 2. The first-order chi connectivity index (χ1) is 9.94. The molecule has 0 bridgehead atoms. The minimum absolute atomic E-state index is 0.115. The van der Waals surface area contributed by atoms with Crippen LogP contribution in [0.4, 0.5) is 5.69 Å². The number of anilines is 1. The summed E-state index contributed by atoms with van der Waals surface area (Å²) in [5.41, 5.74) is 3.37. The van der Waals surface area contributed by atoms with Crippen LogP contribution in [0.2, 0.25) is 0 Å². The minimum atomic E-state index is 0.115. The van der Waals surface area contributed by atoms with Crippen LogP contribution in [0.25, 0.3) is 0 Å². The second-order valence-corrected chi connectivity index (χ2v) is 6.80. The summed E-state index contributed by atoms with van der Waals surface area (Å²) in [6.07, 6.45) is 1.89. The average Bonchev–Trinajstić information content (AvgIpc) is 2.40. The number of benzene rings is 1. The van der Waals surface area contributed by atoms with Crippen LogP contribution < -0.4 is 5.32 Å². The number of amides is 1. The number of rotatable bonds is 4. The summed E-state index contributed by atoms with van der Waals surface area (Å²) in [5, 5.41) is 3.01. The number of carbonyl (C=O) groups is 1. The monoisotopic (exact) mass is 288 g/mol. The van der Waals surface area contributed by atoms with Crippen molar-refractivity contribution in [1.29, 1.82) is 0 Å². The molecule has 1 aromatic carbocycles. The molecule has 0 saturated carbocycles. The fourth-order valence-electron chi connectivity index (χ4n) is 3.28. The molecule has 1 aromatic rings. The lowest BCUT2D eigenvalue weighted by atomic mass is 9.92. The second kappa shape index (κ2) is 7.08. The van der Waals surface area contributed by atoms with Gasteiger partial charge in [0.15, 0.2) is 0 Å². The lowest BCUT2D eigenvalue weighted by molar-refractivity contribution is -0.116. The van der Waals surface area contributed by atoms with E-state index in [0.717, 1.165) is 37.2 Å². The molecule has 1 heterocycles. The molecule has 0 radical (unpaired) electrons. The quantitative estimate of drug-likeness (QED) is 0.918. The van der Waals surface area contributed by atoms with E-state index < -0.39 is 0 Å². The average molecular weight is 288 g/mol. The van der Waals surface area contributed by atoms with Crippen LogP contribution in [-0.2, 0) is 4.79 Å². The van der Waals surface area contributed by atoms with Crippen molar-refractivity contribution in [3.05, 3.63) is 29.3 Å². The van der Waals surface area contributed by atoms with Gasteiger partial charge in [-0.25, -0.2) is 0 Å². The van der Waals surface area contributed by atoms with Gasteiger partial charge in [-0.3, -0.25) is 4.79 Å².